The molecule has 0 bridgehead atoms. The molecule has 1 unspecified atom stereocenters. The van der Waals surface area contributed by atoms with Crippen molar-refractivity contribution in [2.24, 2.45) is 0 Å². The van der Waals surface area contributed by atoms with Crippen molar-refractivity contribution in [3.63, 3.8) is 0 Å². The van der Waals surface area contributed by atoms with Crippen LogP contribution in [0.15, 0.2) is 49.2 Å². The van der Waals surface area contributed by atoms with E-state index in [9.17, 15) is 27.2 Å². The van der Waals surface area contributed by atoms with E-state index in [1.807, 2.05) is 0 Å². The molecule has 1 aliphatic heterocycles. The van der Waals surface area contributed by atoms with Gasteiger partial charge in [-0.3, -0.25) is 14.6 Å². The van der Waals surface area contributed by atoms with Gasteiger partial charge in [-0.05, 0) is 18.2 Å². The van der Waals surface area contributed by atoms with Crippen LogP contribution in [0.3, 0.4) is 0 Å². The molecule has 38 heavy (non-hydrogen) atoms. The molecule has 0 saturated carbocycles. The van der Waals surface area contributed by atoms with E-state index in [0.29, 0.717) is 0 Å². The molecule has 1 fully saturated rings. The van der Waals surface area contributed by atoms with Crippen LogP contribution in [0.25, 0.3) is 0 Å². The summed E-state index contributed by atoms with van der Waals surface area (Å²) in [5.74, 6) is -2.05. The first-order chi connectivity index (χ1) is 18.1. The lowest BCUT2D eigenvalue weighted by Gasteiger charge is -2.27. The Balaban J connectivity index is 1.44. The minimum Gasteiger partial charge on any atom is -0.497 e. The number of aromatic nitrogens is 3. The van der Waals surface area contributed by atoms with Crippen molar-refractivity contribution in [2.75, 3.05) is 25.6 Å². The summed E-state index contributed by atoms with van der Waals surface area (Å²) in [5, 5.41) is 7.69. The second kappa shape index (κ2) is 11.0. The molecule has 0 spiro atoms. The van der Waals surface area contributed by atoms with E-state index in [4.69, 9.17) is 9.47 Å². The Kier molecular flexibility index (Phi) is 7.71. The number of pyridine rings is 1. The lowest BCUT2D eigenvalue weighted by molar-refractivity contribution is -0.137. The Labute approximate surface area is 213 Å². The quantitative estimate of drug-likeness (QED) is 0.377. The molecule has 3 heterocycles. The first kappa shape index (κ1) is 26.7. The molecule has 2 amide bonds. The monoisotopic (exact) mass is 534 g/mol. The SMILES string of the molecule is COc1ccc(Nc2cnc(CNC(=O)C3(NC(=O)c4cncnc4)CCOC3)c(F)c2)c(C(F)(F)F)c1. The molecule has 3 aromatic rings. The van der Waals surface area contributed by atoms with Gasteiger partial charge in [0.15, 0.2) is 0 Å². The lowest BCUT2D eigenvalue weighted by atomic mass is 9.96. The van der Waals surface area contributed by atoms with Crippen molar-refractivity contribution in [3.05, 3.63) is 71.8 Å². The van der Waals surface area contributed by atoms with Crippen LogP contribution in [0.4, 0.5) is 28.9 Å². The summed E-state index contributed by atoms with van der Waals surface area (Å²) in [5.41, 5.74) is -2.76. The highest BCUT2D eigenvalue weighted by molar-refractivity contribution is 5.99. The van der Waals surface area contributed by atoms with Crippen molar-refractivity contribution < 1.29 is 36.6 Å². The second-order valence-corrected chi connectivity index (χ2v) is 8.34. The van der Waals surface area contributed by atoms with Crippen molar-refractivity contribution in [1.82, 2.24) is 25.6 Å². The predicted octanol–water partition coefficient (Wildman–Crippen LogP) is 2.99. The van der Waals surface area contributed by atoms with Crippen LogP contribution in [0.5, 0.6) is 5.75 Å². The highest BCUT2D eigenvalue weighted by atomic mass is 19.4. The van der Waals surface area contributed by atoms with Crippen LogP contribution in [-0.2, 0) is 22.3 Å². The molecule has 2 aromatic heterocycles. The molecular formula is C24H22F4N6O4. The van der Waals surface area contributed by atoms with Crippen molar-refractivity contribution in [3.8, 4) is 5.75 Å². The lowest BCUT2D eigenvalue weighted by Crippen LogP contribution is -2.59. The molecule has 1 aliphatic rings. The molecule has 1 atom stereocenters. The number of nitrogens with one attached hydrogen (secondary N) is 3. The maximum absolute atomic E-state index is 14.8. The summed E-state index contributed by atoms with van der Waals surface area (Å²) >= 11 is 0. The number of methoxy groups -OCH3 is 1. The van der Waals surface area contributed by atoms with Crippen molar-refractivity contribution in [1.29, 1.82) is 0 Å². The normalized spacial score (nSPS) is 17.1. The third-order valence-corrected chi connectivity index (χ3v) is 5.78. The van der Waals surface area contributed by atoms with E-state index in [1.54, 1.807) is 0 Å². The molecule has 0 radical (unpaired) electrons. The van der Waals surface area contributed by atoms with Gasteiger partial charge in [0.2, 0.25) is 5.91 Å². The number of carbonyl (C=O) groups is 2. The number of carbonyl (C=O) groups excluding carboxylic acids is 2. The Bertz CT molecular complexity index is 1320. The summed E-state index contributed by atoms with van der Waals surface area (Å²) in [6.07, 6.45) is 0.480. The van der Waals surface area contributed by atoms with Gasteiger partial charge in [-0.2, -0.15) is 13.2 Å². The molecular weight excluding hydrogens is 512 g/mol. The molecule has 1 aromatic carbocycles. The van der Waals surface area contributed by atoms with Gasteiger partial charge in [0, 0.05) is 31.5 Å². The Morgan fingerprint density at radius 2 is 1.92 bits per heavy atom. The fourth-order valence-corrected chi connectivity index (χ4v) is 3.75. The number of halogens is 4. The van der Waals surface area contributed by atoms with Crippen molar-refractivity contribution >= 4 is 23.2 Å². The summed E-state index contributed by atoms with van der Waals surface area (Å²) in [6.45, 7) is -0.217. The molecule has 1 saturated heterocycles. The molecule has 3 N–H and O–H groups in total. The number of alkyl halides is 3. The van der Waals surface area contributed by atoms with Gasteiger partial charge >= 0.3 is 6.18 Å². The van der Waals surface area contributed by atoms with Crippen molar-refractivity contribution in [2.45, 2.75) is 24.7 Å². The first-order valence-electron chi connectivity index (χ1n) is 11.2. The van der Waals surface area contributed by atoms with Gasteiger partial charge in [0.1, 0.15) is 23.4 Å². The minimum atomic E-state index is -4.68. The Hall–Kier alpha value is -4.33. The van der Waals surface area contributed by atoms with Gasteiger partial charge in [0.05, 0.1) is 54.7 Å². The fraction of sp³-hybridized carbons (Fsp3) is 0.292. The van der Waals surface area contributed by atoms with Crippen LogP contribution in [0, 0.1) is 5.82 Å². The molecule has 200 valence electrons. The Morgan fingerprint density at radius 3 is 2.55 bits per heavy atom. The number of benzene rings is 1. The fourth-order valence-electron chi connectivity index (χ4n) is 3.75. The van der Waals surface area contributed by atoms with Crippen LogP contribution in [0.1, 0.15) is 28.0 Å². The summed E-state index contributed by atoms with van der Waals surface area (Å²) < 4.78 is 65.3. The van der Waals surface area contributed by atoms with Gasteiger partial charge in [-0.25, -0.2) is 14.4 Å². The zero-order valence-corrected chi connectivity index (χ0v) is 19.9. The maximum atomic E-state index is 14.8. The van der Waals surface area contributed by atoms with E-state index in [0.717, 1.165) is 24.4 Å². The van der Waals surface area contributed by atoms with E-state index in [1.165, 1.54) is 31.9 Å². The number of nitrogens with zero attached hydrogens (tertiary/aromatic N) is 3. The highest BCUT2D eigenvalue weighted by Gasteiger charge is 2.44. The smallest absolute Gasteiger partial charge is 0.418 e. The number of hydrogen-bond donors (Lipinski definition) is 3. The molecule has 0 aliphatic carbocycles. The van der Waals surface area contributed by atoms with Crippen LogP contribution < -0.4 is 20.7 Å². The molecule has 10 nitrogen and oxygen atoms in total. The van der Waals surface area contributed by atoms with Crippen LogP contribution >= 0.6 is 0 Å². The van der Waals surface area contributed by atoms with Crippen LogP contribution in [0.2, 0.25) is 0 Å². The summed E-state index contributed by atoms with van der Waals surface area (Å²) in [6, 6.07) is 4.27. The molecule has 4 rings (SSSR count). The topological polar surface area (TPSA) is 127 Å². The second-order valence-electron chi connectivity index (χ2n) is 8.34. The van der Waals surface area contributed by atoms with Gasteiger partial charge in [-0.1, -0.05) is 0 Å². The number of rotatable bonds is 8. The third-order valence-electron chi connectivity index (χ3n) is 5.78. The maximum Gasteiger partial charge on any atom is 0.418 e. The third kappa shape index (κ3) is 5.96. The first-order valence-corrected chi connectivity index (χ1v) is 11.2. The number of ether oxygens (including phenoxy) is 2. The zero-order chi connectivity index (χ0) is 27.3. The standard InChI is InChI=1S/C24H22F4N6O4/c1-37-16-2-3-19(17(7-16)24(26,27)28)33-15-6-18(25)20(31-10-15)11-32-22(36)23(4-5-38-12-23)34-21(35)14-8-29-13-30-9-14/h2-3,6-10,13,33H,4-5,11-12H2,1H3,(H,32,36)(H,34,35). The largest absolute Gasteiger partial charge is 0.497 e. The minimum absolute atomic E-state index is 0.0111. The average molecular weight is 534 g/mol. The summed E-state index contributed by atoms with van der Waals surface area (Å²) in [7, 11) is 1.24. The van der Waals surface area contributed by atoms with E-state index in [-0.39, 0.29) is 54.6 Å². The number of amides is 2. The molecule has 14 heteroatoms. The van der Waals surface area contributed by atoms with Crippen LogP contribution in [-0.4, -0.2) is 52.6 Å². The summed E-state index contributed by atoms with van der Waals surface area (Å²) in [4.78, 5) is 37.0. The average Bonchev–Trinajstić information content (AvgIpc) is 3.38. The highest BCUT2D eigenvalue weighted by Crippen LogP contribution is 2.38. The number of hydrogen-bond acceptors (Lipinski definition) is 8. The Morgan fingerprint density at radius 1 is 1.16 bits per heavy atom. The van der Waals surface area contributed by atoms with E-state index < -0.39 is 34.9 Å². The zero-order valence-electron chi connectivity index (χ0n) is 19.9. The van der Waals surface area contributed by atoms with E-state index >= 15 is 0 Å². The van der Waals surface area contributed by atoms with Gasteiger partial charge in [-0.15, -0.1) is 0 Å². The number of anilines is 2. The van der Waals surface area contributed by atoms with Gasteiger partial charge < -0.3 is 25.4 Å². The van der Waals surface area contributed by atoms with Gasteiger partial charge in [0.25, 0.3) is 5.91 Å². The predicted molar refractivity (Wildman–Crippen MR) is 125 cm³/mol. The van der Waals surface area contributed by atoms with E-state index in [2.05, 4.69) is 30.9 Å².